The molecule has 3 aliphatic rings. The Balaban J connectivity index is 1.26. The van der Waals surface area contributed by atoms with E-state index in [-0.39, 0.29) is 17.7 Å². The summed E-state index contributed by atoms with van der Waals surface area (Å²) in [4.78, 5) is 27.8. The second-order valence-electron chi connectivity index (χ2n) is 9.45. The first-order valence-electron chi connectivity index (χ1n) is 12.1. The molecule has 0 aromatic carbocycles. The van der Waals surface area contributed by atoms with Gasteiger partial charge in [-0.25, -0.2) is 9.97 Å². The number of ether oxygens (including phenoxy) is 1. The first-order chi connectivity index (χ1) is 16.5. The summed E-state index contributed by atoms with van der Waals surface area (Å²) in [6, 6.07) is 4.24. The van der Waals surface area contributed by atoms with Gasteiger partial charge >= 0.3 is 0 Å². The smallest absolute Gasteiger partial charge is 0.232 e. The minimum atomic E-state index is -0.517. The van der Waals surface area contributed by atoms with E-state index in [2.05, 4.69) is 27.1 Å². The van der Waals surface area contributed by atoms with E-state index >= 15 is 0 Å². The van der Waals surface area contributed by atoms with Crippen molar-refractivity contribution in [1.29, 1.82) is 0 Å². The van der Waals surface area contributed by atoms with Crippen molar-refractivity contribution < 1.29 is 14.6 Å². The number of hydrogen-bond acceptors (Lipinski definition) is 8. The number of nitrogens with zero attached hydrogens (tertiary/aromatic N) is 4. The molecule has 2 fully saturated rings. The summed E-state index contributed by atoms with van der Waals surface area (Å²) in [5.41, 5.74) is 1.81. The Morgan fingerprint density at radius 1 is 1.26 bits per heavy atom. The number of fused-ring (bicyclic) bond motifs is 1. The fourth-order valence-corrected chi connectivity index (χ4v) is 6.48. The van der Waals surface area contributed by atoms with E-state index in [4.69, 9.17) is 16.3 Å². The highest BCUT2D eigenvalue weighted by atomic mass is 35.5. The highest BCUT2D eigenvalue weighted by Crippen LogP contribution is 2.42. The molecule has 2 aliphatic heterocycles. The number of aromatic nitrogens is 2. The molecule has 1 aliphatic carbocycles. The lowest BCUT2D eigenvalue weighted by molar-refractivity contribution is -0.133. The molecule has 5 rings (SSSR count). The third kappa shape index (κ3) is 4.95. The van der Waals surface area contributed by atoms with E-state index < -0.39 is 6.10 Å². The zero-order valence-electron chi connectivity index (χ0n) is 19.5. The van der Waals surface area contributed by atoms with Crippen LogP contribution in [0.5, 0.6) is 0 Å². The van der Waals surface area contributed by atoms with Crippen molar-refractivity contribution in [2.75, 3.05) is 50.8 Å². The van der Waals surface area contributed by atoms with Crippen LogP contribution in [0, 0.1) is 0 Å². The molecule has 2 N–H and O–H groups in total. The van der Waals surface area contributed by atoms with Crippen LogP contribution in [-0.2, 0) is 9.53 Å². The highest BCUT2D eigenvalue weighted by Gasteiger charge is 2.35. The number of aliphatic hydroxyl groups is 1. The van der Waals surface area contributed by atoms with Crippen molar-refractivity contribution in [3.05, 3.63) is 38.9 Å². The average Bonchev–Trinajstić information content (AvgIpc) is 3.42. The van der Waals surface area contributed by atoms with Gasteiger partial charge in [-0.15, -0.1) is 11.3 Å². The molecule has 2 aromatic heterocycles. The Bertz CT molecular complexity index is 1010. The molecule has 1 unspecified atom stereocenters. The molecular weight excluding hydrogens is 474 g/mol. The summed E-state index contributed by atoms with van der Waals surface area (Å²) in [7, 11) is 0. The topological polar surface area (TPSA) is 90.8 Å². The molecule has 184 valence electrons. The van der Waals surface area contributed by atoms with Gasteiger partial charge < -0.3 is 25.0 Å². The molecule has 0 spiro atoms. The van der Waals surface area contributed by atoms with Gasteiger partial charge in [-0.05, 0) is 37.3 Å². The van der Waals surface area contributed by atoms with Crippen molar-refractivity contribution in [3.8, 4) is 0 Å². The van der Waals surface area contributed by atoms with Crippen LogP contribution in [0.4, 0.5) is 5.82 Å². The Morgan fingerprint density at radius 2 is 2.03 bits per heavy atom. The zero-order valence-corrected chi connectivity index (χ0v) is 21.0. The number of carbonyl (C=O) groups is 1. The lowest BCUT2D eigenvalue weighted by Gasteiger charge is -2.38. The van der Waals surface area contributed by atoms with Crippen molar-refractivity contribution in [1.82, 2.24) is 20.2 Å². The number of amides is 1. The molecule has 34 heavy (non-hydrogen) atoms. The van der Waals surface area contributed by atoms with Crippen molar-refractivity contribution in [2.45, 2.75) is 50.2 Å². The van der Waals surface area contributed by atoms with Gasteiger partial charge in [0.05, 0.1) is 22.1 Å². The van der Waals surface area contributed by atoms with Gasteiger partial charge in [0.15, 0.2) is 0 Å². The van der Waals surface area contributed by atoms with Crippen LogP contribution < -0.4 is 10.2 Å². The van der Waals surface area contributed by atoms with Crippen LogP contribution in [0.1, 0.15) is 60.3 Å². The summed E-state index contributed by atoms with van der Waals surface area (Å²) in [6.07, 6.45) is 3.66. The molecule has 0 bridgehead atoms. The molecule has 4 heterocycles. The average molecular weight is 506 g/mol. The maximum Gasteiger partial charge on any atom is 0.232 e. The van der Waals surface area contributed by atoms with E-state index in [9.17, 15) is 9.90 Å². The van der Waals surface area contributed by atoms with Crippen molar-refractivity contribution >= 4 is 34.7 Å². The zero-order chi connectivity index (χ0) is 23.7. The van der Waals surface area contributed by atoms with Crippen LogP contribution in [0.2, 0.25) is 4.34 Å². The van der Waals surface area contributed by atoms with E-state index in [1.807, 2.05) is 17.0 Å². The third-order valence-corrected chi connectivity index (χ3v) is 8.58. The standard InChI is InChI=1S/C24H32ClN5O3S/c1-15-12-18(31)22-21(15)23(28-14-27-22)29-6-8-30(9-7-29)24(32)17(19-2-3-20(25)34-19)13-26-16-4-10-33-11-5-16/h2-3,14-18,26,31H,4-13H2,1H3/t15-,17?,18+/m1/s1. The van der Waals surface area contributed by atoms with Crippen LogP contribution in [0.15, 0.2) is 18.5 Å². The maximum absolute atomic E-state index is 13.7. The maximum atomic E-state index is 13.7. The van der Waals surface area contributed by atoms with Gasteiger partial charge in [-0.2, -0.15) is 0 Å². The second-order valence-corrected chi connectivity index (χ2v) is 11.2. The molecule has 8 nitrogen and oxygen atoms in total. The van der Waals surface area contributed by atoms with Gasteiger partial charge in [0.2, 0.25) is 5.91 Å². The molecule has 2 saturated heterocycles. The normalized spacial score (nSPS) is 24.3. The minimum absolute atomic E-state index is 0.148. The van der Waals surface area contributed by atoms with Gasteiger partial charge in [0.1, 0.15) is 12.1 Å². The summed E-state index contributed by atoms with van der Waals surface area (Å²) in [5, 5.41) is 13.9. The third-order valence-electron chi connectivity index (χ3n) is 7.24. The van der Waals surface area contributed by atoms with Crippen LogP contribution in [0.25, 0.3) is 0 Å². The van der Waals surface area contributed by atoms with Crippen LogP contribution >= 0.6 is 22.9 Å². The first-order valence-corrected chi connectivity index (χ1v) is 13.3. The summed E-state index contributed by atoms with van der Waals surface area (Å²) >= 11 is 7.71. The number of carbonyl (C=O) groups excluding carboxylic acids is 1. The largest absolute Gasteiger partial charge is 0.387 e. The number of hydrogen-bond donors (Lipinski definition) is 2. The molecule has 0 saturated carbocycles. The number of nitrogens with one attached hydrogen (secondary N) is 1. The van der Waals surface area contributed by atoms with Gasteiger partial charge in [-0.1, -0.05) is 18.5 Å². The molecule has 10 heteroatoms. The lowest BCUT2D eigenvalue weighted by Crippen LogP contribution is -2.51. The summed E-state index contributed by atoms with van der Waals surface area (Å²) in [6.45, 7) is 6.96. The van der Waals surface area contributed by atoms with Gasteiger partial charge in [0.25, 0.3) is 0 Å². The molecule has 0 radical (unpaired) electrons. The fourth-order valence-electron chi connectivity index (χ4n) is 5.32. The van der Waals surface area contributed by atoms with E-state index in [1.54, 1.807) is 6.33 Å². The molecule has 2 aromatic rings. The number of rotatable bonds is 6. The predicted octanol–water partition coefficient (Wildman–Crippen LogP) is 2.93. The Kier molecular flexibility index (Phi) is 7.36. The fraction of sp³-hybridized carbons (Fsp3) is 0.625. The number of halogens is 1. The number of piperazine rings is 1. The number of aliphatic hydroxyl groups excluding tert-OH is 1. The van der Waals surface area contributed by atoms with Crippen molar-refractivity contribution in [2.24, 2.45) is 0 Å². The molecule has 3 atom stereocenters. The number of anilines is 1. The first kappa shape index (κ1) is 23.9. The van der Waals surface area contributed by atoms with E-state index in [0.29, 0.717) is 49.5 Å². The SMILES string of the molecule is C[C@@H]1C[C@H](O)c2ncnc(N3CCN(C(=O)C(CNC4CCOCC4)c4ccc(Cl)s4)CC3)c21. The Morgan fingerprint density at radius 3 is 2.74 bits per heavy atom. The Labute approximate surface area is 209 Å². The van der Waals surface area contributed by atoms with Crippen LogP contribution in [-0.4, -0.2) is 77.9 Å². The highest BCUT2D eigenvalue weighted by molar-refractivity contribution is 7.16. The van der Waals surface area contributed by atoms with Crippen molar-refractivity contribution in [3.63, 3.8) is 0 Å². The summed E-state index contributed by atoms with van der Waals surface area (Å²) < 4.78 is 6.17. The van der Waals surface area contributed by atoms with E-state index in [0.717, 1.165) is 48.0 Å². The molecular formula is C24H32ClN5O3S. The molecule has 1 amide bonds. The predicted molar refractivity (Wildman–Crippen MR) is 133 cm³/mol. The quantitative estimate of drug-likeness (QED) is 0.623. The summed E-state index contributed by atoms with van der Waals surface area (Å²) in [5.74, 6) is 1.04. The number of thiophene rings is 1. The lowest BCUT2D eigenvalue weighted by atomic mass is 10.0. The monoisotopic (exact) mass is 505 g/mol. The van der Waals surface area contributed by atoms with Gasteiger partial charge in [0, 0.05) is 62.4 Å². The van der Waals surface area contributed by atoms with Gasteiger partial charge in [-0.3, -0.25) is 4.79 Å². The Hall–Kier alpha value is -1.78. The van der Waals surface area contributed by atoms with E-state index in [1.165, 1.54) is 11.3 Å². The second kappa shape index (κ2) is 10.5. The minimum Gasteiger partial charge on any atom is -0.387 e. The van der Waals surface area contributed by atoms with Crippen LogP contribution in [0.3, 0.4) is 0 Å².